The summed E-state index contributed by atoms with van der Waals surface area (Å²) in [4.78, 5) is 19.1. The van der Waals surface area contributed by atoms with Crippen molar-refractivity contribution in [3.05, 3.63) is 45.7 Å². The Balaban J connectivity index is 2.59. The third kappa shape index (κ3) is 2.78. The van der Waals surface area contributed by atoms with E-state index in [0.717, 1.165) is 0 Å². The molecule has 1 aromatic heterocycles. The average Bonchev–Trinajstić information content (AvgIpc) is 2.26. The summed E-state index contributed by atoms with van der Waals surface area (Å²) in [5, 5.41) is 9.84. The molecule has 0 fully saturated rings. The summed E-state index contributed by atoms with van der Waals surface area (Å²) < 4.78 is 0. The Hall–Kier alpha value is -1.65. The van der Waals surface area contributed by atoms with Crippen molar-refractivity contribution in [3.63, 3.8) is 0 Å². The van der Waals surface area contributed by atoms with Gasteiger partial charge in [-0.3, -0.25) is 0 Å². The summed E-state index contributed by atoms with van der Waals surface area (Å²) in [6, 6.07) is 6.25. The van der Waals surface area contributed by atoms with Crippen molar-refractivity contribution in [1.29, 1.82) is 0 Å². The molecule has 1 heterocycles. The van der Waals surface area contributed by atoms with E-state index in [1.165, 1.54) is 6.07 Å². The van der Waals surface area contributed by atoms with Gasteiger partial charge in [0.2, 0.25) is 0 Å². The maximum atomic E-state index is 10.9. The topological polar surface area (TPSA) is 63.1 Å². The van der Waals surface area contributed by atoms with Gasteiger partial charge in [-0.15, -0.1) is 0 Å². The lowest BCUT2D eigenvalue weighted by Gasteiger charge is -2.04. The second kappa shape index (κ2) is 4.92. The Morgan fingerprint density at radius 2 is 1.72 bits per heavy atom. The van der Waals surface area contributed by atoms with Crippen molar-refractivity contribution in [2.75, 3.05) is 0 Å². The normalized spacial score (nSPS) is 10.4. The fourth-order valence-electron chi connectivity index (χ4n) is 1.49. The fraction of sp³-hybridized carbons (Fsp3) is 0.0833. The second-order valence-corrected chi connectivity index (χ2v) is 4.55. The Kier molecular flexibility index (Phi) is 3.50. The smallest absolute Gasteiger partial charge is 0.354 e. The lowest BCUT2D eigenvalue weighted by Crippen LogP contribution is -2.04. The number of nitrogens with zero attached hydrogens (tertiary/aromatic N) is 2. The number of carboxylic acids is 1. The number of aromatic carboxylic acids is 1. The number of hydrogen-bond donors (Lipinski definition) is 1. The van der Waals surface area contributed by atoms with Gasteiger partial charge in [-0.05, 0) is 31.2 Å². The lowest BCUT2D eigenvalue weighted by molar-refractivity contribution is 0.0690. The molecule has 1 aromatic carbocycles. The molecule has 2 rings (SSSR count). The highest BCUT2D eigenvalue weighted by Crippen LogP contribution is 2.25. The molecule has 0 bridgehead atoms. The first-order valence-electron chi connectivity index (χ1n) is 5.01. The molecule has 4 nitrogen and oxygen atoms in total. The molecule has 0 aliphatic carbocycles. The van der Waals surface area contributed by atoms with Gasteiger partial charge in [0, 0.05) is 21.3 Å². The molecule has 18 heavy (non-hydrogen) atoms. The first-order valence-corrected chi connectivity index (χ1v) is 5.77. The van der Waals surface area contributed by atoms with Crippen LogP contribution in [-0.2, 0) is 0 Å². The maximum Gasteiger partial charge on any atom is 0.354 e. The minimum absolute atomic E-state index is 0.0615. The van der Waals surface area contributed by atoms with Gasteiger partial charge in [0.25, 0.3) is 0 Å². The number of halogens is 2. The summed E-state index contributed by atoms with van der Waals surface area (Å²) in [6.45, 7) is 1.70. The van der Waals surface area contributed by atoms with Crippen LogP contribution in [0.1, 0.15) is 16.2 Å². The number of carboxylic acid groups (broad SMARTS) is 1. The van der Waals surface area contributed by atoms with Crippen molar-refractivity contribution in [2.45, 2.75) is 6.92 Å². The van der Waals surface area contributed by atoms with Crippen molar-refractivity contribution in [3.8, 4) is 11.4 Å². The van der Waals surface area contributed by atoms with Crippen LogP contribution in [0, 0.1) is 6.92 Å². The predicted molar refractivity (Wildman–Crippen MR) is 69.2 cm³/mol. The average molecular weight is 283 g/mol. The minimum atomic E-state index is -1.10. The summed E-state index contributed by atoms with van der Waals surface area (Å²) in [6.07, 6.45) is 0. The quantitative estimate of drug-likeness (QED) is 0.916. The highest BCUT2D eigenvalue weighted by Gasteiger charge is 2.11. The van der Waals surface area contributed by atoms with E-state index < -0.39 is 5.97 Å². The molecule has 6 heteroatoms. The van der Waals surface area contributed by atoms with E-state index in [1.54, 1.807) is 25.1 Å². The van der Waals surface area contributed by atoms with E-state index in [4.69, 9.17) is 28.3 Å². The number of carbonyl (C=O) groups is 1. The number of aryl methyl sites for hydroxylation is 1. The van der Waals surface area contributed by atoms with Gasteiger partial charge in [0.15, 0.2) is 11.5 Å². The van der Waals surface area contributed by atoms with E-state index in [2.05, 4.69) is 9.97 Å². The van der Waals surface area contributed by atoms with Crippen LogP contribution in [0.25, 0.3) is 11.4 Å². The minimum Gasteiger partial charge on any atom is -0.477 e. The molecule has 1 N–H and O–H groups in total. The number of hydrogen-bond acceptors (Lipinski definition) is 3. The van der Waals surface area contributed by atoms with E-state index in [1.807, 2.05) is 0 Å². The number of aromatic nitrogens is 2. The largest absolute Gasteiger partial charge is 0.477 e. The van der Waals surface area contributed by atoms with Gasteiger partial charge >= 0.3 is 5.97 Å². The van der Waals surface area contributed by atoms with Crippen molar-refractivity contribution in [2.24, 2.45) is 0 Å². The summed E-state index contributed by atoms with van der Waals surface area (Å²) >= 11 is 11.8. The Morgan fingerprint density at radius 1 is 1.11 bits per heavy atom. The van der Waals surface area contributed by atoms with Crippen LogP contribution in [0.2, 0.25) is 10.0 Å². The second-order valence-electron chi connectivity index (χ2n) is 3.68. The number of rotatable bonds is 2. The zero-order valence-electron chi connectivity index (χ0n) is 9.32. The van der Waals surface area contributed by atoms with Crippen LogP contribution < -0.4 is 0 Å². The monoisotopic (exact) mass is 282 g/mol. The summed E-state index contributed by atoms with van der Waals surface area (Å²) in [5.41, 5.74) is 1.08. The lowest BCUT2D eigenvalue weighted by atomic mass is 10.2. The molecule has 2 aromatic rings. The Morgan fingerprint density at radius 3 is 2.28 bits per heavy atom. The van der Waals surface area contributed by atoms with Crippen molar-refractivity contribution in [1.82, 2.24) is 9.97 Å². The van der Waals surface area contributed by atoms with Crippen LogP contribution in [0.5, 0.6) is 0 Å². The van der Waals surface area contributed by atoms with E-state index in [9.17, 15) is 4.79 Å². The van der Waals surface area contributed by atoms with E-state index in [-0.39, 0.29) is 11.5 Å². The standard InChI is InChI=1S/C12H8Cl2N2O2/c1-6-2-10(12(17)18)16-11(15-6)7-3-8(13)5-9(14)4-7/h2-5H,1H3,(H,17,18). The molecule has 0 aliphatic rings. The molecule has 0 atom stereocenters. The van der Waals surface area contributed by atoms with Crippen molar-refractivity contribution < 1.29 is 9.90 Å². The summed E-state index contributed by atoms with van der Waals surface area (Å²) in [5.74, 6) is -0.813. The fourth-order valence-corrected chi connectivity index (χ4v) is 2.02. The molecule has 0 amide bonds. The van der Waals surface area contributed by atoms with Crippen LogP contribution >= 0.6 is 23.2 Å². The van der Waals surface area contributed by atoms with Gasteiger partial charge in [-0.1, -0.05) is 23.2 Å². The number of benzene rings is 1. The molecule has 0 saturated heterocycles. The molecule has 0 spiro atoms. The van der Waals surface area contributed by atoms with Crippen molar-refractivity contribution >= 4 is 29.2 Å². The van der Waals surface area contributed by atoms with Gasteiger partial charge in [0.1, 0.15) is 0 Å². The predicted octanol–water partition coefficient (Wildman–Crippen LogP) is 3.46. The van der Waals surface area contributed by atoms with Gasteiger partial charge in [-0.2, -0.15) is 0 Å². The molecule has 0 aliphatic heterocycles. The first-order chi connectivity index (χ1) is 8.45. The maximum absolute atomic E-state index is 10.9. The molecule has 92 valence electrons. The molecule has 0 radical (unpaired) electrons. The summed E-state index contributed by atoms with van der Waals surface area (Å²) in [7, 11) is 0. The van der Waals surface area contributed by atoms with E-state index in [0.29, 0.717) is 21.3 Å². The molecular weight excluding hydrogens is 275 g/mol. The zero-order valence-corrected chi connectivity index (χ0v) is 10.8. The van der Waals surface area contributed by atoms with Crippen LogP contribution in [-0.4, -0.2) is 21.0 Å². The molecule has 0 saturated carbocycles. The third-order valence-corrected chi connectivity index (χ3v) is 2.63. The molecule has 0 unspecified atom stereocenters. The van der Waals surface area contributed by atoms with Crippen LogP contribution in [0.15, 0.2) is 24.3 Å². The SMILES string of the molecule is Cc1cc(C(=O)O)nc(-c2cc(Cl)cc(Cl)c2)n1. The zero-order chi connectivity index (χ0) is 13.3. The van der Waals surface area contributed by atoms with Crippen LogP contribution in [0.4, 0.5) is 0 Å². The van der Waals surface area contributed by atoms with Gasteiger partial charge in [0.05, 0.1) is 0 Å². The van der Waals surface area contributed by atoms with Gasteiger partial charge in [-0.25, -0.2) is 14.8 Å². The first kappa shape index (κ1) is 12.8. The molecular formula is C12H8Cl2N2O2. The third-order valence-electron chi connectivity index (χ3n) is 2.19. The Labute approximate surface area is 113 Å². The van der Waals surface area contributed by atoms with Crippen LogP contribution in [0.3, 0.4) is 0 Å². The highest BCUT2D eigenvalue weighted by atomic mass is 35.5. The Bertz CT molecular complexity index is 609. The van der Waals surface area contributed by atoms with Gasteiger partial charge < -0.3 is 5.11 Å². The highest BCUT2D eigenvalue weighted by molar-refractivity contribution is 6.35. The van der Waals surface area contributed by atoms with E-state index >= 15 is 0 Å².